The molecule has 2 fully saturated rings. The summed E-state index contributed by atoms with van der Waals surface area (Å²) in [6.07, 6.45) is 1.67. The van der Waals surface area contributed by atoms with E-state index in [2.05, 4.69) is 0 Å². The first-order chi connectivity index (χ1) is 8.15. The Morgan fingerprint density at radius 3 is 2.82 bits per heavy atom. The van der Waals surface area contributed by atoms with Crippen LogP contribution in [0.2, 0.25) is 0 Å². The van der Waals surface area contributed by atoms with Gasteiger partial charge >= 0.3 is 0 Å². The molecule has 0 spiro atoms. The van der Waals surface area contributed by atoms with E-state index in [9.17, 15) is 4.79 Å². The Morgan fingerprint density at radius 1 is 1.47 bits per heavy atom. The summed E-state index contributed by atoms with van der Waals surface area (Å²) in [7, 11) is 0. The highest BCUT2D eigenvalue weighted by Gasteiger charge is 2.41. The Bertz CT molecular complexity index is 271. The van der Waals surface area contributed by atoms with E-state index in [-0.39, 0.29) is 5.91 Å². The third kappa shape index (κ3) is 2.78. The van der Waals surface area contributed by atoms with Gasteiger partial charge in [-0.2, -0.15) is 0 Å². The summed E-state index contributed by atoms with van der Waals surface area (Å²) >= 11 is 0. The van der Waals surface area contributed by atoms with Crippen LogP contribution in [0.1, 0.15) is 19.8 Å². The molecule has 2 aliphatic heterocycles. The van der Waals surface area contributed by atoms with Crippen LogP contribution in [0, 0.1) is 5.92 Å². The molecule has 5 nitrogen and oxygen atoms in total. The summed E-state index contributed by atoms with van der Waals surface area (Å²) in [6, 6.07) is 0. The molecule has 0 bridgehead atoms. The average Bonchev–Trinajstić information content (AvgIpc) is 2.97. The second-order valence-electron chi connectivity index (χ2n) is 5.03. The number of nitrogens with two attached hydrogens (primary N) is 1. The second kappa shape index (κ2) is 5.33. The third-order valence-electron chi connectivity index (χ3n) is 3.65. The summed E-state index contributed by atoms with van der Waals surface area (Å²) in [4.78, 5) is 14.2. The molecule has 2 saturated heterocycles. The molecule has 17 heavy (non-hydrogen) atoms. The van der Waals surface area contributed by atoms with Crippen LogP contribution in [0.15, 0.2) is 0 Å². The fraction of sp³-hybridized carbons (Fsp3) is 0.917. The maximum Gasteiger partial charge on any atom is 0.245 e. The minimum Gasteiger partial charge on any atom is -0.381 e. The number of ether oxygens (including phenoxy) is 2. The molecule has 5 heteroatoms. The van der Waals surface area contributed by atoms with Crippen LogP contribution in [-0.2, 0) is 14.3 Å². The Balaban J connectivity index is 1.94. The molecule has 2 heterocycles. The van der Waals surface area contributed by atoms with Crippen molar-refractivity contribution in [3.05, 3.63) is 0 Å². The molecule has 2 unspecified atom stereocenters. The molecule has 98 valence electrons. The number of likely N-dealkylation sites (N-methyl/N-ethyl adjacent to an activating group) is 1. The standard InChI is InChI=1S/C12H22N2O3/c1-2-14(7-10-3-5-16-8-10)11(15)12(13)4-6-17-9-12/h10H,2-9,13H2,1H3. The van der Waals surface area contributed by atoms with Gasteiger partial charge in [0.05, 0.1) is 13.2 Å². The topological polar surface area (TPSA) is 64.8 Å². The summed E-state index contributed by atoms with van der Waals surface area (Å²) in [5.41, 5.74) is 5.31. The zero-order chi connectivity index (χ0) is 12.3. The van der Waals surface area contributed by atoms with Gasteiger partial charge in [0, 0.05) is 32.2 Å². The van der Waals surface area contributed by atoms with E-state index in [0.29, 0.717) is 32.1 Å². The van der Waals surface area contributed by atoms with E-state index in [4.69, 9.17) is 15.2 Å². The van der Waals surface area contributed by atoms with E-state index in [1.165, 1.54) is 0 Å². The lowest BCUT2D eigenvalue weighted by Gasteiger charge is -2.31. The van der Waals surface area contributed by atoms with Crippen molar-refractivity contribution >= 4 is 5.91 Å². The average molecular weight is 242 g/mol. The first kappa shape index (κ1) is 12.8. The van der Waals surface area contributed by atoms with Gasteiger partial charge in [0.2, 0.25) is 5.91 Å². The van der Waals surface area contributed by atoms with E-state index in [1.807, 2.05) is 11.8 Å². The van der Waals surface area contributed by atoms with E-state index in [0.717, 1.165) is 26.2 Å². The maximum atomic E-state index is 12.4. The normalized spacial score (nSPS) is 32.9. The number of carbonyl (C=O) groups excluding carboxylic acids is 1. The lowest BCUT2D eigenvalue weighted by atomic mass is 9.97. The molecule has 2 rings (SSSR count). The van der Waals surface area contributed by atoms with Crippen LogP contribution in [0.25, 0.3) is 0 Å². The molecule has 0 aromatic heterocycles. The van der Waals surface area contributed by atoms with Crippen molar-refractivity contribution < 1.29 is 14.3 Å². The smallest absolute Gasteiger partial charge is 0.245 e. The van der Waals surface area contributed by atoms with Gasteiger partial charge in [0.15, 0.2) is 0 Å². The van der Waals surface area contributed by atoms with Gasteiger partial charge in [0.1, 0.15) is 5.54 Å². The number of hydrogen-bond acceptors (Lipinski definition) is 4. The summed E-state index contributed by atoms with van der Waals surface area (Å²) in [5, 5.41) is 0. The number of hydrogen-bond donors (Lipinski definition) is 1. The fourth-order valence-corrected chi connectivity index (χ4v) is 2.46. The van der Waals surface area contributed by atoms with Gasteiger partial charge in [-0.1, -0.05) is 0 Å². The first-order valence-electron chi connectivity index (χ1n) is 6.39. The van der Waals surface area contributed by atoms with Gasteiger partial charge in [0.25, 0.3) is 0 Å². The van der Waals surface area contributed by atoms with Crippen molar-refractivity contribution in [2.75, 3.05) is 39.5 Å². The minimum absolute atomic E-state index is 0.0319. The van der Waals surface area contributed by atoms with Crippen molar-refractivity contribution in [1.82, 2.24) is 4.90 Å². The molecular weight excluding hydrogens is 220 g/mol. The van der Waals surface area contributed by atoms with Gasteiger partial charge in [-0.3, -0.25) is 4.79 Å². The number of rotatable bonds is 4. The second-order valence-corrected chi connectivity index (χ2v) is 5.03. The lowest BCUT2D eigenvalue weighted by Crippen LogP contribution is -2.56. The third-order valence-corrected chi connectivity index (χ3v) is 3.65. The molecule has 0 saturated carbocycles. The van der Waals surface area contributed by atoms with E-state index in [1.54, 1.807) is 0 Å². The monoisotopic (exact) mass is 242 g/mol. The zero-order valence-electron chi connectivity index (χ0n) is 10.5. The van der Waals surface area contributed by atoms with Gasteiger partial charge in [-0.15, -0.1) is 0 Å². The molecule has 2 N–H and O–H groups in total. The predicted molar refractivity (Wildman–Crippen MR) is 63.5 cm³/mol. The van der Waals surface area contributed by atoms with Crippen LogP contribution in [0.4, 0.5) is 0 Å². The Hall–Kier alpha value is -0.650. The number of carbonyl (C=O) groups is 1. The summed E-state index contributed by atoms with van der Waals surface area (Å²) in [5.74, 6) is 0.495. The quantitative estimate of drug-likeness (QED) is 0.753. The van der Waals surface area contributed by atoms with Crippen LogP contribution in [0.5, 0.6) is 0 Å². The minimum atomic E-state index is -0.796. The van der Waals surface area contributed by atoms with Crippen LogP contribution >= 0.6 is 0 Å². The van der Waals surface area contributed by atoms with Crippen LogP contribution in [-0.4, -0.2) is 55.9 Å². The molecule has 1 amide bonds. The molecule has 0 aliphatic carbocycles. The Labute approximate surface area is 102 Å². The highest BCUT2D eigenvalue weighted by Crippen LogP contribution is 2.21. The van der Waals surface area contributed by atoms with Gasteiger partial charge in [-0.05, 0) is 19.8 Å². The fourth-order valence-electron chi connectivity index (χ4n) is 2.46. The molecule has 0 radical (unpaired) electrons. The number of amides is 1. The number of nitrogens with zero attached hydrogens (tertiary/aromatic N) is 1. The zero-order valence-corrected chi connectivity index (χ0v) is 10.5. The molecular formula is C12H22N2O3. The van der Waals surface area contributed by atoms with Crippen molar-refractivity contribution in [1.29, 1.82) is 0 Å². The lowest BCUT2D eigenvalue weighted by molar-refractivity contribution is -0.137. The first-order valence-corrected chi connectivity index (χ1v) is 6.39. The summed E-state index contributed by atoms with van der Waals surface area (Å²) in [6.45, 7) is 5.97. The molecule has 0 aromatic rings. The van der Waals surface area contributed by atoms with Crippen molar-refractivity contribution in [2.24, 2.45) is 11.7 Å². The predicted octanol–water partition coefficient (Wildman–Crippen LogP) is -0.0108. The van der Waals surface area contributed by atoms with Gasteiger partial charge < -0.3 is 20.1 Å². The molecule has 2 aliphatic rings. The van der Waals surface area contributed by atoms with Crippen molar-refractivity contribution in [3.8, 4) is 0 Å². The Morgan fingerprint density at radius 2 is 2.29 bits per heavy atom. The van der Waals surface area contributed by atoms with E-state index < -0.39 is 5.54 Å². The SMILES string of the molecule is CCN(CC1CCOC1)C(=O)C1(N)CCOC1. The van der Waals surface area contributed by atoms with Crippen LogP contribution < -0.4 is 5.73 Å². The maximum absolute atomic E-state index is 12.4. The van der Waals surface area contributed by atoms with E-state index >= 15 is 0 Å². The van der Waals surface area contributed by atoms with Crippen LogP contribution in [0.3, 0.4) is 0 Å². The highest BCUT2D eigenvalue weighted by atomic mass is 16.5. The highest BCUT2D eigenvalue weighted by molar-refractivity contribution is 5.86. The van der Waals surface area contributed by atoms with Crippen molar-refractivity contribution in [2.45, 2.75) is 25.3 Å². The molecule has 0 aromatic carbocycles. The molecule has 2 atom stereocenters. The van der Waals surface area contributed by atoms with Crippen molar-refractivity contribution in [3.63, 3.8) is 0 Å². The largest absolute Gasteiger partial charge is 0.381 e. The van der Waals surface area contributed by atoms with Gasteiger partial charge in [-0.25, -0.2) is 0 Å². The summed E-state index contributed by atoms with van der Waals surface area (Å²) < 4.78 is 10.6. The Kier molecular flexibility index (Phi) is 4.01.